The second-order valence-electron chi connectivity index (χ2n) is 8.50. The third-order valence-electron chi connectivity index (χ3n) is 6.09. The molecule has 1 unspecified atom stereocenters. The van der Waals surface area contributed by atoms with Crippen LogP contribution in [0.4, 0.5) is 13.2 Å². The number of benzene rings is 1. The molecule has 0 saturated carbocycles. The number of amides is 1. The number of pyridine rings is 1. The lowest BCUT2D eigenvalue weighted by atomic mass is 10.1. The van der Waals surface area contributed by atoms with E-state index in [0.29, 0.717) is 46.6 Å². The first-order valence-electron chi connectivity index (χ1n) is 10.7. The van der Waals surface area contributed by atoms with Crippen molar-refractivity contribution in [1.82, 2.24) is 24.0 Å². The predicted octanol–water partition coefficient (Wildman–Crippen LogP) is 4.14. The summed E-state index contributed by atoms with van der Waals surface area (Å²) in [6.07, 6.45) is -1.19. The molecule has 0 spiro atoms. The van der Waals surface area contributed by atoms with Crippen molar-refractivity contribution in [3.63, 3.8) is 0 Å². The van der Waals surface area contributed by atoms with Crippen LogP contribution in [0.3, 0.4) is 0 Å². The lowest BCUT2D eigenvalue weighted by Crippen LogP contribution is -2.45. The van der Waals surface area contributed by atoms with Crippen molar-refractivity contribution in [2.75, 3.05) is 13.1 Å². The van der Waals surface area contributed by atoms with Gasteiger partial charge in [-0.3, -0.25) is 4.79 Å². The SMILES string of the molecule is Cl.Cn1c(-c2cc3cccnc3n2CC(F)(F)F)nc2cc(C(=O)N3CCCC(N)C3)ccc21. The first-order valence-corrected chi connectivity index (χ1v) is 10.7. The van der Waals surface area contributed by atoms with Gasteiger partial charge in [0.2, 0.25) is 0 Å². The number of imidazole rings is 1. The van der Waals surface area contributed by atoms with Crippen LogP contribution in [0.15, 0.2) is 42.6 Å². The largest absolute Gasteiger partial charge is 0.406 e. The fraction of sp³-hybridized carbons (Fsp3) is 0.348. The summed E-state index contributed by atoms with van der Waals surface area (Å²) in [6.45, 7) is -0.0114. The molecular weight excluding hydrogens is 469 g/mol. The lowest BCUT2D eigenvalue weighted by Gasteiger charge is -2.30. The summed E-state index contributed by atoms with van der Waals surface area (Å²) in [4.78, 5) is 23.5. The van der Waals surface area contributed by atoms with E-state index in [2.05, 4.69) is 9.97 Å². The quantitative estimate of drug-likeness (QED) is 0.466. The smallest absolute Gasteiger partial charge is 0.337 e. The topological polar surface area (TPSA) is 82.0 Å². The number of carbonyl (C=O) groups excluding carboxylic acids is 1. The minimum absolute atomic E-state index is 0. The van der Waals surface area contributed by atoms with Gasteiger partial charge >= 0.3 is 6.18 Å². The number of halogens is 4. The Balaban J connectivity index is 0.00000274. The summed E-state index contributed by atoms with van der Waals surface area (Å²) >= 11 is 0. The highest BCUT2D eigenvalue weighted by Crippen LogP contribution is 2.32. The highest BCUT2D eigenvalue weighted by molar-refractivity contribution is 5.98. The van der Waals surface area contributed by atoms with E-state index >= 15 is 0 Å². The standard InChI is InChI=1S/C23H23F3N6O.ClH/c1-30-18-7-6-15(22(33)31-9-3-5-16(27)12-31)10-17(18)29-21(30)19-11-14-4-2-8-28-20(14)32(19)13-23(24,25)26;/h2,4,6-8,10-11,16H,3,5,9,12-13,27H2,1H3;1H. The third kappa shape index (κ3) is 4.35. The maximum atomic E-state index is 13.4. The Morgan fingerprint density at radius 2 is 2.03 bits per heavy atom. The summed E-state index contributed by atoms with van der Waals surface area (Å²) in [7, 11) is 1.75. The number of nitrogens with zero attached hydrogens (tertiary/aromatic N) is 5. The van der Waals surface area contributed by atoms with Gasteiger partial charge in [-0.05, 0) is 49.2 Å². The van der Waals surface area contributed by atoms with Gasteiger partial charge in [0.25, 0.3) is 5.91 Å². The van der Waals surface area contributed by atoms with E-state index in [1.54, 1.807) is 52.9 Å². The summed E-state index contributed by atoms with van der Waals surface area (Å²) < 4.78 is 43.0. The number of piperidine rings is 1. The number of hydrogen-bond donors (Lipinski definition) is 1. The summed E-state index contributed by atoms with van der Waals surface area (Å²) in [6, 6.07) is 10.2. The van der Waals surface area contributed by atoms with Crippen molar-refractivity contribution < 1.29 is 18.0 Å². The molecule has 1 aliphatic heterocycles. The zero-order chi connectivity index (χ0) is 23.3. The molecule has 1 fully saturated rings. The van der Waals surface area contributed by atoms with Crippen molar-refractivity contribution in [2.45, 2.75) is 31.6 Å². The second kappa shape index (κ2) is 8.92. The Hall–Kier alpha value is -3.11. The fourth-order valence-electron chi connectivity index (χ4n) is 4.55. The molecule has 34 heavy (non-hydrogen) atoms. The molecule has 1 aliphatic rings. The van der Waals surface area contributed by atoms with E-state index in [1.807, 2.05) is 0 Å². The molecule has 0 aliphatic carbocycles. The minimum atomic E-state index is -4.42. The molecule has 1 atom stereocenters. The highest BCUT2D eigenvalue weighted by atomic mass is 35.5. The van der Waals surface area contributed by atoms with Crippen molar-refractivity contribution >= 4 is 40.4 Å². The zero-order valence-electron chi connectivity index (χ0n) is 18.4. The lowest BCUT2D eigenvalue weighted by molar-refractivity contribution is -0.139. The van der Waals surface area contributed by atoms with Crippen LogP contribution < -0.4 is 5.73 Å². The van der Waals surface area contributed by atoms with Crippen molar-refractivity contribution in [3.05, 3.63) is 48.2 Å². The van der Waals surface area contributed by atoms with Crippen LogP contribution in [0.5, 0.6) is 0 Å². The molecule has 1 amide bonds. The Kier molecular flexibility index (Phi) is 6.30. The van der Waals surface area contributed by atoms with Crippen molar-refractivity contribution in [1.29, 1.82) is 0 Å². The van der Waals surface area contributed by atoms with Crippen LogP contribution in [-0.4, -0.2) is 55.2 Å². The molecule has 0 radical (unpaired) electrons. The second-order valence-corrected chi connectivity index (χ2v) is 8.50. The van der Waals surface area contributed by atoms with Crippen LogP contribution in [0.1, 0.15) is 23.2 Å². The highest BCUT2D eigenvalue weighted by Gasteiger charge is 2.31. The van der Waals surface area contributed by atoms with E-state index < -0.39 is 12.7 Å². The molecule has 2 N–H and O–H groups in total. The van der Waals surface area contributed by atoms with Gasteiger partial charge in [-0.2, -0.15) is 13.2 Å². The molecule has 4 heterocycles. The van der Waals surface area contributed by atoms with Crippen molar-refractivity contribution in [3.8, 4) is 11.5 Å². The first-order chi connectivity index (χ1) is 15.7. The number of rotatable bonds is 3. The molecule has 7 nitrogen and oxygen atoms in total. The van der Waals surface area contributed by atoms with Crippen LogP contribution in [0.25, 0.3) is 33.6 Å². The normalized spacial score (nSPS) is 16.7. The molecule has 1 saturated heterocycles. The van der Waals surface area contributed by atoms with Gasteiger partial charge in [-0.1, -0.05) is 0 Å². The Bertz CT molecular complexity index is 1360. The van der Waals surface area contributed by atoms with Gasteiger partial charge in [0, 0.05) is 43.3 Å². The number of likely N-dealkylation sites (tertiary alicyclic amines) is 1. The van der Waals surface area contributed by atoms with Crippen LogP contribution in [0.2, 0.25) is 0 Å². The summed E-state index contributed by atoms with van der Waals surface area (Å²) in [5.41, 5.74) is 8.31. The molecule has 3 aromatic heterocycles. The molecule has 4 aromatic rings. The van der Waals surface area contributed by atoms with Gasteiger partial charge in [-0.25, -0.2) is 9.97 Å². The molecule has 1 aromatic carbocycles. The third-order valence-corrected chi connectivity index (χ3v) is 6.09. The van der Waals surface area contributed by atoms with E-state index in [0.717, 1.165) is 17.4 Å². The van der Waals surface area contributed by atoms with Crippen molar-refractivity contribution in [2.24, 2.45) is 12.8 Å². The number of aromatic nitrogens is 4. The average Bonchev–Trinajstić information content (AvgIpc) is 3.29. The number of aryl methyl sites for hydroxylation is 1. The summed E-state index contributed by atoms with van der Waals surface area (Å²) in [5.74, 6) is 0.256. The predicted molar refractivity (Wildman–Crippen MR) is 126 cm³/mol. The number of fused-ring (bicyclic) bond motifs is 2. The monoisotopic (exact) mass is 492 g/mol. The first kappa shape index (κ1) is 24.0. The summed E-state index contributed by atoms with van der Waals surface area (Å²) in [5, 5.41) is 0.598. The molecular formula is C23H24ClF3N6O. The van der Waals surface area contributed by atoms with E-state index in [4.69, 9.17) is 5.73 Å². The zero-order valence-corrected chi connectivity index (χ0v) is 19.2. The Morgan fingerprint density at radius 1 is 1.24 bits per heavy atom. The minimum Gasteiger partial charge on any atom is -0.337 e. The number of alkyl halides is 3. The number of nitrogens with two attached hydrogens (primary N) is 1. The van der Waals surface area contributed by atoms with Gasteiger partial charge in [0.15, 0.2) is 5.82 Å². The fourth-order valence-corrected chi connectivity index (χ4v) is 4.55. The van der Waals surface area contributed by atoms with E-state index in [-0.39, 0.29) is 30.0 Å². The van der Waals surface area contributed by atoms with Gasteiger partial charge < -0.3 is 19.8 Å². The average molecular weight is 493 g/mol. The number of hydrogen-bond acceptors (Lipinski definition) is 4. The van der Waals surface area contributed by atoms with Gasteiger partial charge in [0.05, 0.1) is 16.7 Å². The maximum absolute atomic E-state index is 13.4. The number of carbonyl (C=O) groups is 1. The Morgan fingerprint density at radius 3 is 2.76 bits per heavy atom. The van der Waals surface area contributed by atoms with Crippen LogP contribution in [0, 0.1) is 0 Å². The molecule has 0 bridgehead atoms. The molecule has 11 heteroatoms. The van der Waals surface area contributed by atoms with Crippen LogP contribution in [-0.2, 0) is 13.6 Å². The van der Waals surface area contributed by atoms with Crippen LogP contribution >= 0.6 is 12.4 Å². The van der Waals surface area contributed by atoms with E-state index in [9.17, 15) is 18.0 Å². The van der Waals surface area contributed by atoms with Gasteiger partial charge in [-0.15, -0.1) is 12.4 Å². The van der Waals surface area contributed by atoms with Gasteiger partial charge in [0.1, 0.15) is 12.2 Å². The molecule has 180 valence electrons. The van der Waals surface area contributed by atoms with E-state index in [1.165, 1.54) is 6.20 Å². The maximum Gasteiger partial charge on any atom is 0.406 e. The Labute approximate surface area is 199 Å². The molecule has 5 rings (SSSR count).